The number of furan rings is 1. The van der Waals surface area contributed by atoms with E-state index in [-0.39, 0.29) is 17.2 Å². The summed E-state index contributed by atoms with van der Waals surface area (Å²) in [5, 5.41) is 14.1. The zero-order valence-corrected chi connectivity index (χ0v) is 20.4. The third-order valence-corrected chi connectivity index (χ3v) is 8.58. The van der Waals surface area contributed by atoms with Gasteiger partial charge in [-0.3, -0.25) is 29.3 Å². The van der Waals surface area contributed by atoms with Crippen LogP contribution in [0, 0.1) is 10.1 Å². The second-order valence-corrected chi connectivity index (χ2v) is 10.8. The van der Waals surface area contributed by atoms with Crippen molar-refractivity contribution in [2.45, 2.75) is 19.6 Å². The summed E-state index contributed by atoms with van der Waals surface area (Å²) in [4.78, 5) is 23.9. The molecular formula is C24H25N4O7P. The fourth-order valence-electron chi connectivity index (χ4n) is 3.63. The van der Waals surface area contributed by atoms with Gasteiger partial charge in [0.2, 0.25) is 0 Å². The van der Waals surface area contributed by atoms with Crippen LogP contribution >= 0.6 is 7.67 Å². The summed E-state index contributed by atoms with van der Waals surface area (Å²) in [6.07, 6.45) is -0.823. The van der Waals surface area contributed by atoms with Crippen molar-refractivity contribution >= 4 is 25.1 Å². The highest BCUT2D eigenvalue weighted by molar-refractivity contribution is 7.54. The molecule has 0 saturated carbocycles. The number of nitro groups is 1. The van der Waals surface area contributed by atoms with Gasteiger partial charge in [-0.1, -0.05) is 36.4 Å². The summed E-state index contributed by atoms with van der Waals surface area (Å²) in [5.74, 6) is -0.346. The Morgan fingerprint density at radius 2 is 1.81 bits per heavy atom. The van der Waals surface area contributed by atoms with Crippen LogP contribution in [0.4, 0.5) is 11.6 Å². The molecule has 2 aromatic carbocycles. The fourth-order valence-corrected chi connectivity index (χ4v) is 5.96. The average molecular weight is 512 g/mol. The Labute approximate surface area is 207 Å². The maximum atomic E-state index is 13.3. The molecule has 3 aromatic rings. The molecule has 0 spiro atoms. The molecule has 2 aliphatic heterocycles. The Balaban J connectivity index is 1.29. The monoisotopic (exact) mass is 512 g/mol. The van der Waals surface area contributed by atoms with E-state index < -0.39 is 30.3 Å². The molecule has 5 rings (SSSR count). The first kappa shape index (κ1) is 24.2. The van der Waals surface area contributed by atoms with E-state index in [1.54, 1.807) is 40.5 Å². The normalized spacial score (nSPS) is 16.4. The molecule has 36 heavy (non-hydrogen) atoms. The number of carbonyl (C=O) groups excluding carboxylic acids is 1. The number of benzene rings is 2. The zero-order chi connectivity index (χ0) is 25.3. The van der Waals surface area contributed by atoms with Crippen molar-refractivity contribution in [1.29, 1.82) is 0 Å². The fraction of sp³-hybridized carbons (Fsp3) is 0.292. The van der Waals surface area contributed by atoms with Crippen molar-refractivity contribution in [1.82, 2.24) is 9.34 Å². The molecule has 1 atom stereocenters. The maximum Gasteiger partial charge on any atom is 0.346 e. The summed E-state index contributed by atoms with van der Waals surface area (Å²) in [7, 11) is -3.17. The molecule has 1 N–H and O–H groups in total. The molecule has 0 radical (unpaired) electrons. The SMILES string of the molecule is CC(OP(=O)(N1CC1)N1CC1)c1cc([N+](=O)[O-])c(NC(=O)c2cccc(OCc3ccccc3)c2)o1. The third-order valence-electron chi connectivity index (χ3n) is 5.76. The molecule has 1 aromatic heterocycles. The summed E-state index contributed by atoms with van der Waals surface area (Å²) in [5.41, 5.74) is 0.798. The van der Waals surface area contributed by atoms with Crippen molar-refractivity contribution in [2.24, 2.45) is 0 Å². The summed E-state index contributed by atoms with van der Waals surface area (Å²) >= 11 is 0. The Morgan fingerprint density at radius 3 is 2.44 bits per heavy atom. The standard InChI is InChI=1S/C24H25N4O7P/c1-17(35-36(32,26-10-11-26)27-12-13-27)22-15-21(28(30)31)24(34-22)25-23(29)19-8-5-9-20(14-19)33-16-18-6-3-2-4-7-18/h2-9,14-15,17H,10-13,16H2,1H3,(H,25,29). The van der Waals surface area contributed by atoms with E-state index in [1.807, 2.05) is 30.3 Å². The predicted molar refractivity (Wildman–Crippen MR) is 131 cm³/mol. The summed E-state index contributed by atoms with van der Waals surface area (Å²) in [6, 6.07) is 17.3. The van der Waals surface area contributed by atoms with Gasteiger partial charge in [-0.15, -0.1) is 0 Å². The van der Waals surface area contributed by atoms with Crippen molar-refractivity contribution in [3.63, 3.8) is 0 Å². The first-order chi connectivity index (χ1) is 17.3. The van der Waals surface area contributed by atoms with Crippen molar-refractivity contribution in [2.75, 3.05) is 31.5 Å². The Kier molecular flexibility index (Phi) is 6.63. The van der Waals surface area contributed by atoms with Crippen LogP contribution in [-0.2, 0) is 15.7 Å². The minimum absolute atomic E-state index is 0.0980. The number of amides is 1. The minimum atomic E-state index is -3.17. The van der Waals surface area contributed by atoms with Crippen LogP contribution in [0.3, 0.4) is 0 Å². The van der Waals surface area contributed by atoms with Gasteiger partial charge in [-0.2, -0.15) is 0 Å². The minimum Gasteiger partial charge on any atom is -0.489 e. The molecular weight excluding hydrogens is 487 g/mol. The lowest BCUT2D eigenvalue weighted by molar-refractivity contribution is -0.384. The highest BCUT2D eigenvalue weighted by atomic mass is 31.2. The van der Waals surface area contributed by atoms with Gasteiger partial charge in [0.15, 0.2) is 0 Å². The molecule has 11 nitrogen and oxygen atoms in total. The van der Waals surface area contributed by atoms with Crippen LogP contribution < -0.4 is 10.1 Å². The van der Waals surface area contributed by atoms with E-state index in [1.165, 1.54) is 6.07 Å². The number of hydrogen-bond acceptors (Lipinski definition) is 7. The van der Waals surface area contributed by atoms with Crippen molar-refractivity contribution < 1.29 is 28.0 Å². The van der Waals surface area contributed by atoms with Gasteiger partial charge >= 0.3 is 13.4 Å². The first-order valence-electron chi connectivity index (χ1n) is 11.5. The van der Waals surface area contributed by atoms with E-state index in [9.17, 15) is 19.5 Å². The van der Waals surface area contributed by atoms with Crippen LogP contribution in [0.15, 0.2) is 65.1 Å². The van der Waals surface area contributed by atoms with Crippen molar-refractivity contribution in [3.8, 4) is 5.75 Å². The number of rotatable bonds is 11. The van der Waals surface area contributed by atoms with Gasteiger partial charge in [0.25, 0.3) is 11.8 Å². The molecule has 1 unspecified atom stereocenters. The van der Waals surface area contributed by atoms with E-state index >= 15 is 0 Å². The molecule has 0 aliphatic carbocycles. The van der Waals surface area contributed by atoms with E-state index in [0.29, 0.717) is 38.5 Å². The maximum absolute atomic E-state index is 13.3. The van der Waals surface area contributed by atoms with E-state index in [4.69, 9.17) is 13.7 Å². The molecule has 1 amide bonds. The molecule has 2 aliphatic rings. The largest absolute Gasteiger partial charge is 0.489 e. The highest BCUT2D eigenvalue weighted by Gasteiger charge is 2.50. The number of carbonyl (C=O) groups is 1. The second-order valence-electron chi connectivity index (χ2n) is 8.52. The van der Waals surface area contributed by atoms with Crippen LogP contribution in [0.5, 0.6) is 5.75 Å². The number of hydrogen-bond donors (Lipinski definition) is 1. The lowest BCUT2D eigenvalue weighted by Crippen LogP contribution is -2.12. The lowest BCUT2D eigenvalue weighted by atomic mass is 10.2. The predicted octanol–water partition coefficient (Wildman–Crippen LogP) is 4.84. The van der Waals surface area contributed by atoms with Crippen LogP contribution in [0.1, 0.15) is 34.7 Å². The smallest absolute Gasteiger partial charge is 0.346 e. The average Bonchev–Trinajstić information content (AvgIpc) is 3.80. The molecule has 0 bridgehead atoms. The van der Waals surface area contributed by atoms with E-state index in [2.05, 4.69) is 5.32 Å². The van der Waals surface area contributed by atoms with Gasteiger partial charge < -0.3 is 9.15 Å². The summed E-state index contributed by atoms with van der Waals surface area (Å²) in [6.45, 7) is 4.64. The molecule has 2 fully saturated rings. The van der Waals surface area contributed by atoms with E-state index in [0.717, 1.165) is 5.56 Å². The van der Waals surface area contributed by atoms with Crippen LogP contribution in [0.2, 0.25) is 0 Å². The topological polar surface area (TPSA) is 127 Å². The lowest BCUT2D eigenvalue weighted by Gasteiger charge is -2.22. The Hall–Kier alpha value is -3.50. The van der Waals surface area contributed by atoms with Gasteiger partial charge in [0.05, 0.1) is 11.0 Å². The molecule has 2 saturated heterocycles. The zero-order valence-electron chi connectivity index (χ0n) is 19.5. The molecule has 12 heteroatoms. The third kappa shape index (κ3) is 5.34. The van der Waals surface area contributed by atoms with Gasteiger partial charge in [-0.05, 0) is 30.7 Å². The number of nitrogens with zero attached hydrogens (tertiary/aromatic N) is 3. The number of ether oxygens (including phenoxy) is 1. The second kappa shape index (κ2) is 9.87. The highest BCUT2D eigenvalue weighted by Crippen LogP contribution is 2.63. The van der Waals surface area contributed by atoms with Crippen molar-refractivity contribution in [3.05, 3.63) is 87.7 Å². The van der Waals surface area contributed by atoms with Crippen LogP contribution in [-0.4, -0.2) is 46.4 Å². The van der Waals surface area contributed by atoms with Crippen LogP contribution in [0.25, 0.3) is 0 Å². The Bertz CT molecular complexity index is 1310. The van der Waals surface area contributed by atoms with Gasteiger partial charge in [0, 0.05) is 31.7 Å². The quantitative estimate of drug-likeness (QED) is 0.166. The summed E-state index contributed by atoms with van der Waals surface area (Å²) < 4.78 is 34.0. The molecule has 188 valence electrons. The first-order valence-corrected chi connectivity index (χ1v) is 13.0. The molecule has 3 heterocycles. The van der Waals surface area contributed by atoms with Gasteiger partial charge in [-0.25, -0.2) is 9.34 Å². The Morgan fingerprint density at radius 1 is 1.11 bits per heavy atom. The number of nitrogens with one attached hydrogen (secondary N) is 1. The van der Waals surface area contributed by atoms with Gasteiger partial charge in [0.1, 0.15) is 24.2 Å². The number of anilines is 1.